The third kappa shape index (κ3) is 1.08. The van der Waals surface area contributed by atoms with E-state index in [4.69, 9.17) is 5.73 Å². The minimum absolute atomic E-state index is 0.00962. The zero-order chi connectivity index (χ0) is 10.6. The summed E-state index contributed by atoms with van der Waals surface area (Å²) in [6.45, 7) is 0.641. The monoisotopic (exact) mass is 204 g/mol. The number of benzene rings is 1. The predicted octanol–water partition coefficient (Wildman–Crippen LogP) is 0.312. The number of carbonyl (C=O) groups is 1. The normalized spacial score (nSPS) is 33.0. The van der Waals surface area contributed by atoms with E-state index in [0.717, 1.165) is 0 Å². The third-order valence-electron chi connectivity index (χ3n) is 3.35. The molecular formula is C11H12N2O2. The molecule has 3 N–H and O–H groups in total. The van der Waals surface area contributed by atoms with E-state index in [2.05, 4.69) is 0 Å². The standard InChI is InChI=1S/C11H12N2O2/c12-10-6-5-13(11(15)9(6)10)7-3-1-2-4-8(7)14/h1-4,6,9-10,14H,5,12H2. The van der Waals surface area contributed by atoms with Gasteiger partial charge in [-0.05, 0) is 12.1 Å². The maximum atomic E-state index is 11.8. The molecule has 2 aliphatic rings. The lowest BCUT2D eigenvalue weighted by atomic mass is 10.2. The fraction of sp³-hybridized carbons (Fsp3) is 0.364. The number of piperidine rings is 1. The number of hydrogen-bond acceptors (Lipinski definition) is 3. The highest BCUT2D eigenvalue weighted by molar-refractivity contribution is 6.01. The SMILES string of the molecule is NC1C2CN(c3ccccc3O)C(=O)C12. The van der Waals surface area contributed by atoms with Crippen LogP contribution in [0.1, 0.15) is 0 Å². The molecule has 4 heteroatoms. The van der Waals surface area contributed by atoms with Crippen LogP contribution >= 0.6 is 0 Å². The summed E-state index contributed by atoms with van der Waals surface area (Å²) in [5.41, 5.74) is 6.33. The van der Waals surface area contributed by atoms with Gasteiger partial charge in [-0.2, -0.15) is 0 Å². The number of hydrogen-bond donors (Lipinski definition) is 2. The Labute approximate surface area is 87.3 Å². The van der Waals surface area contributed by atoms with Crippen LogP contribution in [0.2, 0.25) is 0 Å². The van der Waals surface area contributed by atoms with Gasteiger partial charge in [0, 0.05) is 18.5 Å². The first-order valence-electron chi connectivity index (χ1n) is 5.05. The number of aromatic hydroxyl groups is 1. The van der Waals surface area contributed by atoms with Crippen molar-refractivity contribution in [3.8, 4) is 5.75 Å². The van der Waals surface area contributed by atoms with Crippen LogP contribution in [0.4, 0.5) is 5.69 Å². The first kappa shape index (κ1) is 8.73. The number of para-hydroxylation sites is 2. The molecule has 4 nitrogen and oxygen atoms in total. The molecule has 1 aromatic rings. The zero-order valence-corrected chi connectivity index (χ0v) is 8.13. The summed E-state index contributed by atoms with van der Waals surface area (Å²) in [5, 5.41) is 9.63. The molecule has 1 aromatic carbocycles. The third-order valence-corrected chi connectivity index (χ3v) is 3.35. The van der Waals surface area contributed by atoms with Crippen molar-refractivity contribution in [1.82, 2.24) is 0 Å². The number of nitrogens with two attached hydrogens (primary N) is 1. The molecule has 1 aliphatic carbocycles. The number of phenolic OH excluding ortho intramolecular Hbond substituents is 1. The van der Waals surface area contributed by atoms with Crippen LogP contribution in [0.25, 0.3) is 0 Å². The van der Waals surface area contributed by atoms with Gasteiger partial charge in [-0.15, -0.1) is 0 Å². The largest absolute Gasteiger partial charge is 0.506 e. The number of anilines is 1. The molecule has 0 radical (unpaired) electrons. The van der Waals surface area contributed by atoms with Crippen LogP contribution in [-0.4, -0.2) is 23.6 Å². The molecule has 78 valence electrons. The lowest BCUT2D eigenvalue weighted by molar-refractivity contribution is -0.118. The number of phenols is 1. The molecule has 3 unspecified atom stereocenters. The van der Waals surface area contributed by atoms with Gasteiger partial charge < -0.3 is 15.7 Å². The summed E-state index contributed by atoms with van der Waals surface area (Å²) in [5.74, 6) is 0.483. The second kappa shape index (κ2) is 2.73. The van der Waals surface area contributed by atoms with Crippen molar-refractivity contribution in [2.24, 2.45) is 17.6 Å². The lowest BCUT2D eigenvalue weighted by Crippen LogP contribution is -2.33. The Hall–Kier alpha value is -1.55. The highest BCUT2D eigenvalue weighted by Gasteiger charge is 2.60. The minimum atomic E-state index is -0.00962. The Morgan fingerprint density at radius 3 is 2.73 bits per heavy atom. The number of fused-ring (bicyclic) bond motifs is 1. The average molecular weight is 204 g/mol. The molecule has 0 aromatic heterocycles. The van der Waals surface area contributed by atoms with Gasteiger partial charge in [0.25, 0.3) is 0 Å². The maximum absolute atomic E-state index is 11.8. The van der Waals surface area contributed by atoms with Crippen molar-refractivity contribution in [3.05, 3.63) is 24.3 Å². The van der Waals surface area contributed by atoms with E-state index >= 15 is 0 Å². The second-order valence-electron chi connectivity index (χ2n) is 4.20. The van der Waals surface area contributed by atoms with Crippen LogP contribution in [0.3, 0.4) is 0 Å². The van der Waals surface area contributed by atoms with E-state index in [1.165, 1.54) is 0 Å². The minimum Gasteiger partial charge on any atom is -0.506 e. The van der Waals surface area contributed by atoms with Gasteiger partial charge in [0.15, 0.2) is 0 Å². The average Bonchev–Trinajstić information content (AvgIpc) is 2.70. The van der Waals surface area contributed by atoms with Crippen LogP contribution in [-0.2, 0) is 4.79 Å². The number of amides is 1. The fourth-order valence-electron chi connectivity index (χ4n) is 2.37. The Morgan fingerprint density at radius 1 is 1.40 bits per heavy atom. The number of nitrogens with zero attached hydrogens (tertiary/aromatic N) is 1. The van der Waals surface area contributed by atoms with Crippen LogP contribution < -0.4 is 10.6 Å². The zero-order valence-electron chi connectivity index (χ0n) is 8.13. The number of rotatable bonds is 1. The van der Waals surface area contributed by atoms with Crippen LogP contribution in [0, 0.1) is 11.8 Å². The van der Waals surface area contributed by atoms with E-state index in [0.29, 0.717) is 12.2 Å². The summed E-state index contributed by atoms with van der Waals surface area (Å²) in [7, 11) is 0. The summed E-state index contributed by atoms with van der Waals surface area (Å²) in [6, 6.07) is 6.94. The summed E-state index contributed by atoms with van der Waals surface area (Å²) >= 11 is 0. The predicted molar refractivity (Wildman–Crippen MR) is 55.4 cm³/mol. The van der Waals surface area contributed by atoms with Gasteiger partial charge >= 0.3 is 0 Å². The molecule has 3 rings (SSSR count). The van der Waals surface area contributed by atoms with E-state index in [-0.39, 0.29) is 29.5 Å². The van der Waals surface area contributed by atoms with Crippen molar-refractivity contribution in [2.75, 3.05) is 11.4 Å². The fourth-order valence-corrected chi connectivity index (χ4v) is 2.37. The Kier molecular flexibility index (Phi) is 1.59. The lowest BCUT2D eigenvalue weighted by Gasteiger charge is -2.20. The van der Waals surface area contributed by atoms with Crippen LogP contribution in [0.5, 0.6) is 5.75 Å². The van der Waals surface area contributed by atoms with Gasteiger partial charge in [-0.1, -0.05) is 12.1 Å². The van der Waals surface area contributed by atoms with E-state index < -0.39 is 0 Å². The molecule has 1 heterocycles. The molecule has 2 fully saturated rings. The summed E-state index contributed by atoms with van der Waals surface area (Å²) in [4.78, 5) is 13.5. The topological polar surface area (TPSA) is 66.6 Å². The smallest absolute Gasteiger partial charge is 0.232 e. The highest BCUT2D eigenvalue weighted by atomic mass is 16.3. The van der Waals surface area contributed by atoms with Crippen molar-refractivity contribution in [1.29, 1.82) is 0 Å². The van der Waals surface area contributed by atoms with Gasteiger partial charge in [-0.25, -0.2) is 0 Å². The van der Waals surface area contributed by atoms with Crippen molar-refractivity contribution in [2.45, 2.75) is 6.04 Å². The van der Waals surface area contributed by atoms with E-state index in [1.54, 1.807) is 23.1 Å². The van der Waals surface area contributed by atoms with Crippen molar-refractivity contribution < 1.29 is 9.90 Å². The quantitative estimate of drug-likeness (QED) is 0.692. The van der Waals surface area contributed by atoms with Gasteiger partial charge in [0.2, 0.25) is 5.91 Å². The first-order chi connectivity index (χ1) is 7.20. The molecule has 0 bridgehead atoms. The maximum Gasteiger partial charge on any atom is 0.232 e. The van der Waals surface area contributed by atoms with Crippen LogP contribution in [0.15, 0.2) is 24.3 Å². The molecular weight excluding hydrogens is 192 g/mol. The van der Waals surface area contributed by atoms with Crippen molar-refractivity contribution >= 4 is 11.6 Å². The Balaban J connectivity index is 1.92. The van der Waals surface area contributed by atoms with E-state index in [1.807, 2.05) is 6.07 Å². The number of carbonyl (C=O) groups excluding carboxylic acids is 1. The highest BCUT2D eigenvalue weighted by Crippen LogP contribution is 2.47. The molecule has 15 heavy (non-hydrogen) atoms. The van der Waals surface area contributed by atoms with E-state index in [9.17, 15) is 9.90 Å². The summed E-state index contributed by atoms with van der Waals surface area (Å²) in [6.07, 6.45) is 0. The van der Waals surface area contributed by atoms with Gasteiger partial charge in [0.05, 0.1) is 11.6 Å². The first-order valence-corrected chi connectivity index (χ1v) is 5.05. The molecule has 1 amide bonds. The van der Waals surface area contributed by atoms with Gasteiger partial charge in [0.1, 0.15) is 5.75 Å². The molecule has 1 aliphatic heterocycles. The van der Waals surface area contributed by atoms with Crippen molar-refractivity contribution in [3.63, 3.8) is 0 Å². The Morgan fingerprint density at radius 2 is 2.13 bits per heavy atom. The molecule has 1 saturated carbocycles. The molecule has 0 spiro atoms. The van der Waals surface area contributed by atoms with Gasteiger partial charge in [-0.3, -0.25) is 4.79 Å². The summed E-state index contributed by atoms with van der Waals surface area (Å²) < 4.78 is 0. The second-order valence-corrected chi connectivity index (χ2v) is 4.20. The Bertz CT molecular complexity index is 432. The molecule has 1 saturated heterocycles. The molecule has 3 atom stereocenters.